The summed E-state index contributed by atoms with van der Waals surface area (Å²) in [6.07, 6.45) is 6.03. The molecular formula is C12H9Cl2NNaO3. The van der Waals surface area contributed by atoms with Crippen LogP contribution in [-0.2, 0) is 4.79 Å². The van der Waals surface area contributed by atoms with E-state index in [2.05, 4.69) is 4.99 Å². The number of ketones is 1. The summed E-state index contributed by atoms with van der Waals surface area (Å²) in [6.45, 7) is 0. The topological polar surface area (TPSA) is 81.2 Å². The van der Waals surface area contributed by atoms with E-state index in [0.29, 0.717) is 11.4 Å². The van der Waals surface area contributed by atoms with E-state index in [1.807, 2.05) is 0 Å². The zero-order valence-electron chi connectivity index (χ0n) is 10.0. The molecule has 0 spiro atoms. The van der Waals surface area contributed by atoms with Gasteiger partial charge in [-0.05, 0) is 36.4 Å². The van der Waals surface area contributed by atoms with Crippen molar-refractivity contribution in [1.82, 2.24) is 0 Å². The molecule has 0 unspecified atom stereocenters. The Morgan fingerprint density at radius 1 is 1.00 bits per heavy atom. The first kappa shape index (κ1) is 18.4. The fourth-order valence-corrected chi connectivity index (χ4v) is 1.76. The maximum Gasteiger partial charge on any atom is 0.178 e. The van der Waals surface area contributed by atoms with E-state index in [0.717, 1.165) is 0 Å². The van der Waals surface area contributed by atoms with Crippen molar-refractivity contribution < 1.29 is 15.4 Å². The second kappa shape index (κ2) is 7.85. The van der Waals surface area contributed by atoms with Gasteiger partial charge in [-0.2, -0.15) is 0 Å². The Labute approximate surface area is 142 Å². The Hall–Kier alpha value is -0.620. The molecule has 0 saturated heterocycles. The molecule has 0 amide bonds. The van der Waals surface area contributed by atoms with Gasteiger partial charge in [-0.25, -0.2) is 4.99 Å². The van der Waals surface area contributed by atoms with E-state index >= 15 is 0 Å². The van der Waals surface area contributed by atoms with Crippen LogP contribution in [0.4, 0.5) is 5.69 Å². The second-order valence-corrected chi connectivity index (χ2v) is 4.18. The van der Waals surface area contributed by atoms with E-state index in [1.54, 1.807) is 12.2 Å². The SMILES string of the molecule is O.O=C1C=CC(=Nc2cc(Cl)c(O)c(Cl)c2)C=C1.[Na]. The number of hydrogen-bond acceptors (Lipinski definition) is 3. The third-order valence-corrected chi connectivity index (χ3v) is 2.67. The van der Waals surface area contributed by atoms with Crippen LogP contribution in [0.5, 0.6) is 5.75 Å². The molecule has 2 rings (SSSR count). The van der Waals surface area contributed by atoms with E-state index < -0.39 is 0 Å². The van der Waals surface area contributed by atoms with Gasteiger partial charge in [-0.15, -0.1) is 0 Å². The molecule has 95 valence electrons. The van der Waals surface area contributed by atoms with E-state index in [1.165, 1.54) is 24.3 Å². The Kier molecular flexibility index (Phi) is 7.59. The number of halogens is 2. The van der Waals surface area contributed by atoms with Gasteiger partial charge in [0.25, 0.3) is 0 Å². The molecule has 1 radical (unpaired) electrons. The van der Waals surface area contributed by atoms with Crippen molar-refractivity contribution in [2.45, 2.75) is 0 Å². The Morgan fingerprint density at radius 3 is 1.95 bits per heavy atom. The summed E-state index contributed by atoms with van der Waals surface area (Å²) in [5.41, 5.74) is 1.12. The number of benzene rings is 1. The smallest absolute Gasteiger partial charge is 0.178 e. The zero-order valence-corrected chi connectivity index (χ0v) is 13.5. The van der Waals surface area contributed by atoms with Crippen LogP contribution in [0, 0.1) is 0 Å². The van der Waals surface area contributed by atoms with Gasteiger partial charge in [0.05, 0.1) is 21.4 Å². The molecule has 0 fully saturated rings. The predicted molar refractivity (Wildman–Crippen MR) is 77.9 cm³/mol. The predicted octanol–water partition coefficient (Wildman–Crippen LogP) is 2.26. The Morgan fingerprint density at radius 2 is 1.47 bits per heavy atom. The van der Waals surface area contributed by atoms with Crippen LogP contribution in [0.1, 0.15) is 0 Å². The number of phenolic OH excluding ortho intramolecular Hbond substituents is 1. The first-order chi connectivity index (χ1) is 8.06. The number of carbonyl (C=O) groups excluding carboxylic acids is 1. The summed E-state index contributed by atoms with van der Waals surface area (Å²) in [4.78, 5) is 15.1. The summed E-state index contributed by atoms with van der Waals surface area (Å²) >= 11 is 11.5. The molecule has 0 atom stereocenters. The van der Waals surface area contributed by atoms with Gasteiger partial charge in [-0.3, -0.25) is 4.79 Å². The number of allylic oxidation sites excluding steroid dienone is 4. The van der Waals surface area contributed by atoms with Crippen molar-refractivity contribution in [2.75, 3.05) is 0 Å². The number of nitrogens with zero attached hydrogens (tertiary/aromatic N) is 1. The van der Waals surface area contributed by atoms with Gasteiger partial charge in [-0.1, -0.05) is 23.2 Å². The number of phenols is 1. The number of hydrogen-bond donors (Lipinski definition) is 1. The molecule has 3 N–H and O–H groups in total. The number of rotatable bonds is 1. The molecule has 0 aliphatic heterocycles. The van der Waals surface area contributed by atoms with Gasteiger partial charge < -0.3 is 10.6 Å². The van der Waals surface area contributed by atoms with Crippen molar-refractivity contribution in [3.63, 3.8) is 0 Å². The molecular weight excluding hydrogens is 300 g/mol. The van der Waals surface area contributed by atoms with Crippen LogP contribution in [0.15, 0.2) is 41.4 Å². The quantitative estimate of drug-likeness (QED) is 0.637. The van der Waals surface area contributed by atoms with Gasteiger partial charge >= 0.3 is 0 Å². The van der Waals surface area contributed by atoms with Crippen LogP contribution in [0.3, 0.4) is 0 Å². The molecule has 1 aliphatic carbocycles. The monoisotopic (exact) mass is 308 g/mol. The summed E-state index contributed by atoms with van der Waals surface area (Å²) in [5, 5.41) is 9.66. The maximum atomic E-state index is 10.9. The van der Waals surface area contributed by atoms with E-state index in [4.69, 9.17) is 23.2 Å². The van der Waals surface area contributed by atoms with Gasteiger partial charge in [0, 0.05) is 29.6 Å². The van der Waals surface area contributed by atoms with Crippen LogP contribution >= 0.6 is 23.2 Å². The Bertz CT molecular complexity index is 541. The molecule has 4 nitrogen and oxygen atoms in total. The van der Waals surface area contributed by atoms with Crippen molar-refractivity contribution in [3.8, 4) is 5.75 Å². The molecule has 1 aromatic carbocycles. The summed E-state index contributed by atoms with van der Waals surface area (Å²) in [6, 6.07) is 2.99. The molecule has 0 aromatic heterocycles. The van der Waals surface area contributed by atoms with E-state index in [9.17, 15) is 9.90 Å². The van der Waals surface area contributed by atoms with Crippen LogP contribution < -0.4 is 0 Å². The molecule has 1 aliphatic rings. The molecule has 0 heterocycles. The Balaban J connectivity index is 0.00000162. The number of aromatic hydroxyl groups is 1. The van der Waals surface area contributed by atoms with Gasteiger partial charge in [0.15, 0.2) is 11.5 Å². The molecule has 0 saturated carbocycles. The first-order valence-electron chi connectivity index (χ1n) is 4.73. The van der Waals surface area contributed by atoms with Crippen molar-refractivity contribution in [3.05, 3.63) is 46.5 Å². The molecule has 7 heteroatoms. The fraction of sp³-hybridized carbons (Fsp3) is 0. The molecule has 19 heavy (non-hydrogen) atoms. The van der Waals surface area contributed by atoms with Crippen LogP contribution in [0.2, 0.25) is 10.0 Å². The summed E-state index contributed by atoms with van der Waals surface area (Å²) < 4.78 is 0. The van der Waals surface area contributed by atoms with Gasteiger partial charge in [0.1, 0.15) is 0 Å². The third kappa shape index (κ3) is 4.76. The average molecular weight is 309 g/mol. The largest absolute Gasteiger partial charge is 0.505 e. The minimum atomic E-state index is -0.165. The number of carbonyl (C=O) groups is 1. The van der Waals surface area contributed by atoms with Crippen molar-refractivity contribution >= 4 is 69.9 Å². The van der Waals surface area contributed by atoms with Crippen LogP contribution in [0.25, 0.3) is 0 Å². The van der Waals surface area contributed by atoms with E-state index in [-0.39, 0.29) is 56.6 Å². The fourth-order valence-electron chi connectivity index (χ4n) is 1.29. The molecule has 1 aromatic rings. The minimum Gasteiger partial charge on any atom is -0.505 e. The minimum absolute atomic E-state index is 0. The summed E-state index contributed by atoms with van der Waals surface area (Å²) in [5.74, 6) is -0.243. The molecule has 0 bridgehead atoms. The first-order valence-corrected chi connectivity index (χ1v) is 5.48. The average Bonchev–Trinajstić information content (AvgIpc) is 2.29. The summed E-state index contributed by atoms with van der Waals surface area (Å²) in [7, 11) is 0. The normalized spacial score (nSPS) is 12.7. The van der Waals surface area contributed by atoms with Crippen LogP contribution in [-0.4, -0.2) is 51.6 Å². The van der Waals surface area contributed by atoms with Crippen molar-refractivity contribution in [1.29, 1.82) is 0 Å². The maximum absolute atomic E-state index is 10.9. The zero-order chi connectivity index (χ0) is 12.4. The second-order valence-electron chi connectivity index (χ2n) is 3.36. The van der Waals surface area contributed by atoms with Crippen molar-refractivity contribution in [2.24, 2.45) is 4.99 Å². The number of aliphatic imine (C=N–C) groups is 1. The standard InChI is InChI=1S/C12H7Cl2NO2.Na.H2O/c13-10-5-8(6-11(14)12(10)17)15-7-1-3-9(16)4-2-7;;/h1-6,17H;;1H2. The third-order valence-electron chi connectivity index (χ3n) is 2.10. The van der Waals surface area contributed by atoms with Gasteiger partial charge in [0.2, 0.25) is 0 Å².